The monoisotopic (exact) mass is 320 g/mol. The number of hydrogen-bond acceptors (Lipinski definition) is 3. The highest BCUT2D eigenvalue weighted by Crippen LogP contribution is 2.17. The summed E-state index contributed by atoms with van der Waals surface area (Å²) in [6, 6.07) is 16.7. The average molecular weight is 320 g/mol. The van der Waals surface area contributed by atoms with Crippen LogP contribution in [0.25, 0.3) is 10.9 Å². The van der Waals surface area contributed by atoms with Crippen LogP contribution in [-0.4, -0.2) is 22.6 Å². The summed E-state index contributed by atoms with van der Waals surface area (Å²) in [6.07, 6.45) is 2.69. The predicted octanol–water partition coefficient (Wildman–Crippen LogP) is 3.26. The molecule has 1 atom stereocenters. The number of amides is 1. The third-order valence-electron chi connectivity index (χ3n) is 4.14. The van der Waals surface area contributed by atoms with Crippen molar-refractivity contribution in [3.63, 3.8) is 0 Å². The first kappa shape index (κ1) is 16.1. The molecule has 1 unspecified atom stereocenters. The van der Waals surface area contributed by atoms with Crippen LogP contribution in [0.15, 0.2) is 60.8 Å². The molecule has 0 fully saturated rings. The molecule has 0 aliphatic rings. The van der Waals surface area contributed by atoms with Crippen LogP contribution in [0.3, 0.4) is 0 Å². The van der Waals surface area contributed by atoms with E-state index in [1.54, 1.807) is 12.3 Å². The molecule has 3 rings (SSSR count). The molecular formula is C20H20N2O2. The number of nitrogens with one attached hydrogen (secondary N) is 1. The number of aryl methyl sites for hydroxylation is 1. The van der Waals surface area contributed by atoms with E-state index in [1.807, 2.05) is 48.5 Å². The second-order valence-electron chi connectivity index (χ2n) is 5.71. The molecule has 0 bridgehead atoms. The molecule has 0 spiro atoms. The lowest BCUT2D eigenvalue weighted by atomic mass is 10.0. The third-order valence-corrected chi connectivity index (χ3v) is 4.14. The Morgan fingerprint density at radius 3 is 2.67 bits per heavy atom. The average Bonchev–Trinajstić information content (AvgIpc) is 2.65. The van der Waals surface area contributed by atoms with Crippen LogP contribution >= 0.6 is 0 Å². The van der Waals surface area contributed by atoms with E-state index in [4.69, 9.17) is 0 Å². The number of aromatic nitrogens is 1. The maximum Gasteiger partial charge on any atom is 0.251 e. The molecular weight excluding hydrogens is 300 g/mol. The zero-order chi connectivity index (χ0) is 16.9. The number of fused-ring (bicyclic) bond motifs is 1. The van der Waals surface area contributed by atoms with E-state index in [1.165, 1.54) is 5.56 Å². The maximum absolute atomic E-state index is 12.5. The van der Waals surface area contributed by atoms with Crippen molar-refractivity contribution < 1.29 is 9.90 Å². The van der Waals surface area contributed by atoms with Gasteiger partial charge in [-0.3, -0.25) is 9.78 Å². The number of aliphatic hydroxyl groups is 1. The van der Waals surface area contributed by atoms with Gasteiger partial charge in [0, 0.05) is 17.1 Å². The smallest absolute Gasteiger partial charge is 0.251 e. The van der Waals surface area contributed by atoms with Crippen LogP contribution in [0, 0.1) is 0 Å². The van der Waals surface area contributed by atoms with E-state index in [-0.39, 0.29) is 12.5 Å². The molecule has 2 N–H and O–H groups in total. The van der Waals surface area contributed by atoms with Crippen molar-refractivity contribution in [1.29, 1.82) is 0 Å². The maximum atomic E-state index is 12.5. The van der Waals surface area contributed by atoms with Crippen molar-refractivity contribution in [3.05, 3.63) is 77.5 Å². The number of pyridine rings is 1. The van der Waals surface area contributed by atoms with Gasteiger partial charge in [-0.25, -0.2) is 0 Å². The Bertz CT molecular complexity index is 844. The summed E-state index contributed by atoms with van der Waals surface area (Å²) in [6.45, 7) is 1.95. The summed E-state index contributed by atoms with van der Waals surface area (Å²) < 4.78 is 0. The summed E-state index contributed by atoms with van der Waals surface area (Å²) in [4.78, 5) is 16.8. The minimum atomic E-state index is -0.423. The Labute approximate surface area is 141 Å². The highest BCUT2D eigenvalue weighted by atomic mass is 16.3. The summed E-state index contributed by atoms with van der Waals surface area (Å²) in [7, 11) is 0. The van der Waals surface area contributed by atoms with E-state index >= 15 is 0 Å². The number of hydrogen-bond donors (Lipinski definition) is 2. The van der Waals surface area contributed by atoms with Crippen LogP contribution < -0.4 is 5.32 Å². The van der Waals surface area contributed by atoms with Crippen molar-refractivity contribution in [2.45, 2.75) is 19.4 Å². The molecule has 4 heteroatoms. The van der Waals surface area contributed by atoms with Crippen molar-refractivity contribution in [2.75, 3.05) is 6.61 Å². The molecule has 0 aliphatic carbocycles. The van der Waals surface area contributed by atoms with Crippen molar-refractivity contribution in [1.82, 2.24) is 10.3 Å². The SMILES string of the molecule is CCc1ccc(C(CO)NC(=O)c2ccc3ncccc3c2)cc1. The zero-order valence-electron chi connectivity index (χ0n) is 13.6. The van der Waals surface area contributed by atoms with Crippen LogP contribution in [0.2, 0.25) is 0 Å². The van der Waals surface area contributed by atoms with Gasteiger partial charge in [-0.05, 0) is 41.8 Å². The van der Waals surface area contributed by atoms with Gasteiger partial charge in [0.1, 0.15) is 0 Å². The predicted molar refractivity (Wildman–Crippen MR) is 94.9 cm³/mol. The Morgan fingerprint density at radius 2 is 1.96 bits per heavy atom. The minimum Gasteiger partial charge on any atom is -0.394 e. The lowest BCUT2D eigenvalue weighted by molar-refractivity contribution is 0.0916. The highest BCUT2D eigenvalue weighted by Gasteiger charge is 2.15. The van der Waals surface area contributed by atoms with Crippen LogP contribution in [0.1, 0.15) is 34.5 Å². The molecule has 0 radical (unpaired) electrons. The number of rotatable bonds is 5. The molecule has 0 saturated carbocycles. The first-order chi connectivity index (χ1) is 11.7. The van der Waals surface area contributed by atoms with Gasteiger partial charge in [0.05, 0.1) is 18.2 Å². The highest BCUT2D eigenvalue weighted by molar-refractivity contribution is 5.98. The van der Waals surface area contributed by atoms with Gasteiger partial charge in [0.2, 0.25) is 0 Å². The lowest BCUT2D eigenvalue weighted by Crippen LogP contribution is -2.30. The van der Waals surface area contributed by atoms with Gasteiger partial charge in [0.15, 0.2) is 0 Å². The number of carbonyl (C=O) groups excluding carboxylic acids is 1. The van der Waals surface area contributed by atoms with E-state index in [0.29, 0.717) is 5.56 Å². The van der Waals surface area contributed by atoms with Crippen molar-refractivity contribution >= 4 is 16.8 Å². The second-order valence-corrected chi connectivity index (χ2v) is 5.71. The Hall–Kier alpha value is -2.72. The first-order valence-electron chi connectivity index (χ1n) is 8.06. The quantitative estimate of drug-likeness (QED) is 0.758. The second kappa shape index (κ2) is 7.23. The van der Waals surface area contributed by atoms with Gasteiger partial charge in [-0.1, -0.05) is 37.3 Å². The van der Waals surface area contributed by atoms with Crippen molar-refractivity contribution in [3.8, 4) is 0 Å². The Kier molecular flexibility index (Phi) is 4.87. The number of carbonyl (C=O) groups is 1. The van der Waals surface area contributed by atoms with Crippen LogP contribution in [0.4, 0.5) is 0 Å². The molecule has 1 aromatic heterocycles. The van der Waals surface area contributed by atoms with Crippen LogP contribution in [0.5, 0.6) is 0 Å². The van der Waals surface area contributed by atoms with Gasteiger partial charge in [-0.15, -0.1) is 0 Å². The van der Waals surface area contributed by atoms with E-state index in [0.717, 1.165) is 22.9 Å². The summed E-state index contributed by atoms with van der Waals surface area (Å²) in [5.74, 6) is -0.209. The Morgan fingerprint density at radius 1 is 1.17 bits per heavy atom. The normalized spacial score (nSPS) is 12.1. The summed E-state index contributed by atoms with van der Waals surface area (Å²) in [5.41, 5.74) is 3.52. The summed E-state index contributed by atoms with van der Waals surface area (Å²) >= 11 is 0. The van der Waals surface area contributed by atoms with Gasteiger partial charge >= 0.3 is 0 Å². The van der Waals surface area contributed by atoms with E-state index in [2.05, 4.69) is 17.2 Å². The van der Waals surface area contributed by atoms with E-state index < -0.39 is 6.04 Å². The minimum absolute atomic E-state index is 0.146. The fourth-order valence-corrected chi connectivity index (χ4v) is 2.68. The molecule has 1 amide bonds. The van der Waals surface area contributed by atoms with E-state index in [9.17, 15) is 9.90 Å². The van der Waals surface area contributed by atoms with Gasteiger partial charge in [0.25, 0.3) is 5.91 Å². The molecule has 0 saturated heterocycles. The topological polar surface area (TPSA) is 62.2 Å². The molecule has 1 heterocycles. The molecule has 3 aromatic rings. The first-order valence-corrected chi connectivity index (χ1v) is 8.06. The molecule has 4 nitrogen and oxygen atoms in total. The third kappa shape index (κ3) is 3.44. The van der Waals surface area contributed by atoms with Crippen LogP contribution in [-0.2, 0) is 6.42 Å². The van der Waals surface area contributed by atoms with Gasteiger partial charge in [-0.2, -0.15) is 0 Å². The van der Waals surface area contributed by atoms with Crippen molar-refractivity contribution in [2.24, 2.45) is 0 Å². The van der Waals surface area contributed by atoms with Gasteiger partial charge < -0.3 is 10.4 Å². The molecule has 24 heavy (non-hydrogen) atoms. The number of benzene rings is 2. The lowest BCUT2D eigenvalue weighted by Gasteiger charge is -2.17. The molecule has 2 aromatic carbocycles. The fourth-order valence-electron chi connectivity index (χ4n) is 2.68. The molecule has 122 valence electrons. The largest absolute Gasteiger partial charge is 0.394 e. The number of aliphatic hydroxyl groups excluding tert-OH is 1. The number of nitrogens with zero attached hydrogens (tertiary/aromatic N) is 1. The standard InChI is InChI=1S/C20H20N2O2/c1-2-14-5-7-15(8-6-14)19(13-23)22-20(24)17-9-10-18-16(12-17)4-3-11-21-18/h3-12,19,23H,2,13H2,1H3,(H,22,24). The molecule has 0 aliphatic heterocycles. The Balaban J connectivity index is 1.79. The zero-order valence-corrected chi connectivity index (χ0v) is 13.6. The fraction of sp³-hybridized carbons (Fsp3) is 0.200. The summed E-state index contributed by atoms with van der Waals surface area (Å²) in [5, 5.41) is 13.5.